The van der Waals surface area contributed by atoms with Crippen LogP contribution in [0.4, 0.5) is 0 Å². The highest BCUT2D eigenvalue weighted by Gasteiger charge is 2.20. The second kappa shape index (κ2) is 5.05. The summed E-state index contributed by atoms with van der Waals surface area (Å²) in [5.41, 5.74) is 0. The smallest absolute Gasteiger partial charge is 0.306 e. The van der Waals surface area contributed by atoms with Gasteiger partial charge in [-0.3, -0.25) is 4.79 Å². The van der Waals surface area contributed by atoms with Crippen LogP contribution >= 0.6 is 0 Å². The van der Waals surface area contributed by atoms with Gasteiger partial charge in [0.2, 0.25) is 0 Å². The van der Waals surface area contributed by atoms with Gasteiger partial charge in [-0.2, -0.15) is 0 Å². The van der Waals surface area contributed by atoms with Crippen LogP contribution in [-0.2, 0) is 9.53 Å². The number of hydrogen-bond acceptors (Lipinski definition) is 2. The lowest BCUT2D eigenvalue weighted by Crippen LogP contribution is -2.18. The third-order valence-corrected chi connectivity index (χ3v) is 2.61. The normalized spacial score (nSPS) is 27.2. The molecule has 0 aliphatic heterocycles. The molecule has 0 bridgehead atoms. The van der Waals surface area contributed by atoms with Crippen molar-refractivity contribution in [3.8, 4) is 0 Å². The van der Waals surface area contributed by atoms with Crippen LogP contribution in [0.5, 0.6) is 0 Å². The maximum Gasteiger partial charge on any atom is 0.306 e. The number of allylic oxidation sites excluding steroid dienone is 2. The van der Waals surface area contributed by atoms with Crippen molar-refractivity contribution in [2.75, 3.05) is 6.61 Å². The molecule has 0 saturated carbocycles. The van der Waals surface area contributed by atoms with Crippen molar-refractivity contribution < 1.29 is 9.53 Å². The van der Waals surface area contributed by atoms with Crippen molar-refractivity contribution in [2.45, 2.75) is 33.1 Å². The third kappa shape index (κ3) is 3.21. The number of carbonyl (C=O) groups is 1. The number of esters is 1. The van der Waals surface area contributed by atoms with E-state index >= 15 is 0 Å². The van der Waals surface area contributed by atoms with Crippen molar-refractivity contribution in [2.24, 2.45) is 11.8 Å². The van der Waals surface area contributed by atoms with E-state index in [1.807, 2.05) is 6.92 Å². The zero-order valence-electron chi connectivity index (χ0n) is 8.45. The standard InChI is InChI=1S/C11H18O2/c1-3-13-11(12)8-10-7-5-4-6-9(10)2/h5,7,9-10H,3-4,6,8H2,1-2H3. The van der Waals surface area contributed by atoms with Gasteiger partial charge >= 0.3 is 5.97 Å². The van der Waals surface area contributed by atoms with E-state index in [1.54, 1.807) is 0 Å². The average molecular weight is 182 g/mol. The Morgan fingerprint density at radius 2 is 2.38 bits per heavy atom. The Bertz CT molecular complexity index is 196. The van der Waals surface area contributed by atoms with Crippen LogP contribution in [0.1, 0.15) is 33.1 Å². The minimum Gasteiger partial charge on any atom is -0.466 e. The zero-order valence-corrected chi connectivity index (χ0v) is 8.45. The predicted molar refractivity (Wildman–Crippen MR) is 52.3 cm³/mol. The van der Waals surface area contributed by atoms with Gasteiger partial charge in [0.25, 0.3) is 0 Å². The predicted octanol–water partition coefficient (Wildman–Crippen LogP) is 2.54. The molecule has 0 heterocycles. The lowest BCUT2D eigenvalue weighted by Gasteiger charge is -2.22. The van der Waals surface area contributed by atoms with Crippen LogP contribution in [0.2, 0.25) is 0 Å². The van der Waals surface area contributed by atoms with Crippen LogP contribution < -0.4 is 0 Å². The zero-order chi connectivity index (χ0) is 9.68. The van der Waals surface area contributed by atoms with Gasteiger partial charge in [-0.25, -0.2) is 0 Å². The van der Waals surface area contributed by atoms with E-state index in [4.69, 9.17) is 4.74 Å². The van der Waals surface area contributed by atoms with E-state index in [-0.39, 0.29) is 5.97 Å². The summed E-state index contributed by atoms with van der Waals surface area (Å²) in [7, 11) is 0. The largest absolute Gasteiger partial charge is 0.466 e. The van der Waals surface area contributed by atoms with Crippen molar-refractivity contribution in [1.29, 1.82) is 0 Å². The highest BCUT2D eigenvalue weighted by molar-refractivity contribution is 5.70. The van der Waals surface area contributed by atoms with E-state index in [0.29, 0.717) is 24.9 Å². The quantitative estimate of drug-likeness (QED) is 0.495. The molecule has 0 spiro atoms. The Labute approximate surface area is 80.0 Å². The molecule has 1 aliphatic carbocycles. The van der Waals surface area contributed by atoms with Crippen molar-refractivity contribution in [3.05, 3.63) is 12.2 Å². The minimum atomic E-state index is -0.0640. The number of ether oxygens (including phenoxy) is 1. The first-order valence-electron chi connectivity index (χ1n) is 5.06. The Hall–Kier alpha value is -0.790. The summed E-state index contributed by atoms with van der Waals surface area (Å²) >= 11 is 0. The Kier molecular flexibility index (Phi) is 4.00. The first kappa shape index (κ1) is 10.3. The average Bonchev–Trinajstić information content (AvgIpc) is 2.09. The molecule has 0 fully saturated rings. The summed E-state index contributed by atoms with van der Waals surface area (Å²) in [5.74, 6) is 0.952. The maximum atomic E-state index is 11.2. The minimum absolute atomic E-state index is 0.0640. The maximum absolute atomic E-state index is 11.2. The molecule has 2 heteroatoms. The van der Waals surface area contributed by atoms with Gasteiger partial charge in [-0.05, 0) is 31.6 Å². The molecule has 0 aromatic heterocycles. The van der Waals surface area contributed by atoms with Crippen molar-refractivity contribution in [1.82, 2.24) is 0 Å². The molecule has 0 saturated heterocycles. The molecule has 13 heavy (non-hydrogen) atoms. The molecule has 0 radical (unpaired) electrons. The first-order valence-corrected chi connectivity index (χ1v) is 5.06. The Balaban J connectivity index is 2.38. The second-order valence-corrected chi connectivity index (χ2v) is 3.66. The highest BCUT2D eigenvalue weighted by Crippen LogP contribution is 2.26. The fourth-order valence-electron chi connectivity index (χ4n) is 1.72. The molecule has 0 amide bonds. The van der Waals surface area contributed by atoms with Crippen LogP contribution in [0.3, 0.4) is 0 Å². The van der Waals surface area contributed by atoms with E-state index < -0.39 is 0 Å². The first-order chi connectivity index (χ1) is 6.24. The molecular weight excluding hydrogens is 164 g/mol. The van der Waals surface area contributed by atoms with Gasteiger partial charge in [0.1, 0.15) is 0 Å². The molecule has 2 unspecified atom stereocenters. The molecule has 2 nitrogen and oxygen atoms in total. The topological polar surface area (TPSA) is 26.3 Å². The monoisotopic (exact) mass is 182 g/mol. The molecular formula is C11H18O2. The highest BCUT2D eigenvalue weighted by atomic mass is 16.5. The number of carbonyl (C=O) groups excluding carboxylic acids is 1. The lowest BCUT2D eigenvalue weighted by atomic mass is 9.83. The van der Waals surface area contributed by atoms with Gasteiger partial charge in [0.15, 0.2) is 0 Å². The summed E-state index contributed by atoms with van der Waals surface area (Å²) in [4.78, 5) is 11.2. The van der Waals surface area contributed by atoms with Gasteiger partial charge in [0.05, 0.1) is 13.0 Å². The molecule has 0 aromatic rings. The Morgan fingerprint density at radius 3 is 3.00 bits per heavy atom. The van der Waals surface area contributed by atoms with E-state index in [0.717, 1.165) is 6.42 Å². The molecule has 74 valence electrons. The summed E-state index contributed by atoms with van der Waals surface area (Å²) in [6.45, 7) is 4.54. The van der Waals surface area contributed by atoms with Crippen LogP contribution in [0.25, 0.3) is 0 Å². The third-order valence-electron chi connectivity index (χ3n) is 2.61. The van der Waals surface area contributed by atoms with Gasteiger partial charge in [-0.1, -0.05) is 19.1 Å². The molecule has 0 N–H and O–H groups in total. The summed E-state index contributed by atoms with van der Waals surface area (Å²) < 4.78 is 4.92. The SMILES string of the molecule is CCOC(=O)CC1C=CCCC1C. The molecule has 1 aliphatic rings. The van der Waals surface area contributed by atoms with Gasteiger partial charge in [-0.15, -0.1) is 0 Å². The second-order valence-electron chi connectivity index (χ2n) is 3.66. The summed E-state index contributed by atoms with van der Waals surface area (Å²) in [6, 6.07) is 0. The summed E-state index contributed by atoms with van der Waals surface area (Å²) in [5, 5.41) is 0. The number of rotatable bonds is 3. The van der Waals surface area contributed by atoms with Crippen molar-refractivity contribution in [3.63, 3.8) is 0 Å². The number of hydrogen-bond donors (Lipinski definition) is 0. The lowest BCUT2D eigenvalue weighted by molar-refractivity contribution is -0.144. The van der Waals surface area contributed by atoms with Crippen LogP contribution in [0.15, 0.2) is 12.2 Å². The Morgan fingerprint density at radius 1 is 1.62 bits per heavy atom. The van der Waals surface area contributed by atoms with E-state index in [2.05, 4.69) is 19.1 Å². The van der Waals surface area contributed by atoms with E-state index in [9.17, 15) is 4.79 Å². The van der Waals surface area contributed by atoms with Gasteiger partial charge < -0.3 is 4.74 Å². The van der Waals surface area contributed by atoms with Gasteiger partial charge in [0, 0.05) is 0 Å². The fourth-order valence-corrected chi connectivity index (χ4v) is 1.72. The summed E-state index contributed by atoms with van der Waals surface area (Å²) in [6.07, 6.45) is 7.22. The molecule has 1 rings (SSSR count). The van der Waals surface area contributed by atoms with Crippen LogP contribution in [-0.4, -0.2) is 12.6 Å². The van der Waals surface area contributed by atoms with E-state index in [1.165, 1.54) is 6.42 Å². The molecule has 0 aromatic carbocycles. The van der Waals surface area contributed by atoms with Crippen LogP contribution in [0, 0.1) is 11.8 Å². The fraction of sp³-hybridized carbons (Fsp3) is 0.727. The molecule has 2 atom stereocenters. The van der Waals surface area contributed by atoms with Crippen molar-refractivity contribution >= 4 is 5.97 Å².